The van der Waals surface area contributed by atoms with Crippen molar-refractivity contribution in [2.45, 2.75) is 49.8 Å². The average molecular weight is 513 g/mol. The highest BCUT2D eigenvalue weighted by Crippen LogP contribution is 2.42. The molecule has 0 aliphatic heterocycles. The first kappa shape index (κ1) is 25.9. The number of ether oxygens (including phenoxy) is 1. The van der Waals surface area contributed by atoms with Crippen LogP contribution in [0.25, 0.3) is 11.1 Å². The van der Waals surface area contributed by atoms with E-state index in [2.05, 4.69) is 31.0 Å². The normalized spacial score (nSPS) is 17.8. The summed E-state index contributed by atoms with van der Waals surface area (Å²) in [5.74, 6) is -1.25. The minimum absolute atomic E-state index is 0.0818. The number of carboxylic acids is 1. The maximum Gasteiger partial charge on any atom is 0.329 e. The molecular formula is C27H29FN2O5S. The molecule has 2 atom stereocenters. The minimum atomic E-state index is -3.96. The summed E-state index contributed by atoms with van der Waals surface area (Å²) in [7, 11) is -2.48. The Kier molecular flexibility index (Phi) is 7.54. The van der Waals surface area contributed by atoms with Crippen LogP contribution in [0, 0.1) is 5.82 Å². The van der Waals surface area contributed by atoms with Crippen molar-refractivity contribution in [1.29, 1.82) is 0 Å². The zero-order chi connectivity index (χ0) is 26.0. The van der Waals surface area contributed by atoms with E-state index >= 15 is 0 Å². The van der Waals surface area contributed by atoms with Crippen molar-refractivity contribution in [1.82, 2.24) is 9.29 Å². The number of benzene rings is 2. The summed E-state index contributed by atoms with van der Waals surface area (Å²) in [5.41, 5.74) is 4.01. The monoisotopic (exact) mass is 512 g/mol. The molecule has 0 spiro atoms. The molecule has 1 N–H and O–H groups in total. The summed E-state index contributed by atoms with van der Waals surface area (Å²) in [6.07, 6.45) is 1.67. The van der Waals surface area contributed by atoms with E-state index in [1.807, 2.05) is 12.1 Å². The molecule has 1 aromatic heterocycles. The number of aromatic nitrogens is 1. The zero-order valence-corrected chi connectivity index (χ0v) is 21.2. The maximum atomic E-state index is 14.0. The third-order valence-electron chi connectivity index (χ3n) is 6.57. The molecule has 1 aliphatic carbocycles. The molecule has 2 aromatic carbocycles. The second kappa shape index (κ2) is 10.5. The van der Waals surface area contributed by atoms with Crippen LogP contribution in [-0.2, 0) is 19.6 Å². The number of halogens is 1. The van der Waals surface area contributed by atoms with Gasteiger partial charge in [-0.1, -0.05) is 44.2 Å². The molecule has 0 amide bonds. The van der Waals surface area contributed by atoms with Crippen molar-refractivity contribution in [2.75, 3.05) is 13.7 Å². The van der Waals surface area contributed by atoms with Gasteiger partial charge in [0.1, 0.15) is 12.4 Å². The number of aliphatic carboxylic acids is 1. The van der Waals surface area contributed by atoms with Gasteiger partial charge in [0.2, 0.25) is 0 Å². The van der Waals surface area contributed by atoms with Crippen LogP contribution >= 0.6 is 0 Å². The number of carboxylic acid groups (broad SMARTS) is 1. The van der Waals surface area contributed by atoms with Crippen LogP contribution in [-0.4, -0.2) is 42.4 Å². The van der Waals surface area contributed by atoms with Gasteiger partial charge in [-0.25, -0.2) is 22.6 Å². The second-order valence-corrected chi connectivity index (χ2v) is 11.2. The SMILES string of the molecule is CC(C)c1cccc(-c2ccc(S(=O)(=O)N(C)C3CCC(OCC(=O)O)c4cc(F)ccc43)nc2)c1. The van der Waals surface area contributed by atoms with Crippen molar-refractivity contribution in [3.63, 3.8) is 0 Å². The molecule has 1 heterocycles. The van der Waals surface area contributed by atoms with Gasteiger partial charge < -0.3 is 9.84 Å². The van der Waals surface area contributed by atoms with Gasteiger partial charge in [-0.15, -0.1) is 0 Å². The number of rotatable bonds is 8. The molecule has 3 aromatic rings. The highest BCUT2D eigenvalue weighted by molar-refractivity contribution is 7.89. The molecule has 0 saturated carbocycles. The Morgan fingerprint density at radius 3 is 2.56 bits per heavy atom. The van der Waals surface area contributed by atoms with Crippen LogP contribution in [0.1, 0.15) is 61.4 Å². The zero-order valence-electron chi connectivity index (χ0n) is 20.4. The van der Waals surface area contributed by atoms with Crippen LogP contribution < -0.4 is 0 Å². The number of hydrogen-bond donors (Lipinski definition) is 1. The third kappa shape index (κ3) is 5.33. The fourth-order valence-corrected chi connectivity index (χ4v) is 5.84. The van der Waals surface area contributed by atoms with Crippen LogP contribution in [0.15, 0.2) is 65.8 Å². The number of hydrogen-bond acceptors (Lipinski definition) is 5. The van der Waals surface area contributed by atoms with Gasteiger partial charge in [0, 0.05) is 18.8 Å². The molecule has 0 radical (unpaired) electrons. The van der Waals surface area contributed by atoms with E-state index in [-0.39, 0.29) is 5.03 Å². The summed E-state index contributed by atoms with van der Waals surface area (Å²) >= 11 is 0. The van der Waals surface area contributed by atoms with E-state index in [1.165, 1.54) is 41.2 Å². The lowest BCUT2D eigenvalue weighted by Gasteiger charge is -2.35. The predicted molar refractivity (Wildman–Crippen MR) is 133 cm³/mol. The van der Waals surface area contributed by atoms with Gasteiger partial charge in [0.25, 0.3) is 10.0 Å². The van der Waals surface area contributed by atoms with E-state index in [0.717, 1.165) is 11.1 Å². The van der Waals surface area contributed by atoms with E-state index in [0.29, 0.717) is 29.9 Å². The van der Waals surface area contributed by atoms with E-state index in [4.69, 9.17) is 9.84 Å². The summed E-state index contributed by atoms with van der Waals surface area (Å²) in [6.45, 7) is 3.71. The molecule has 1 aliphatic rings. The van der Waals surface area contributed by atoms with Crippen molar-refractivity contribution in [3.8, 4) is 11.1 Å². The van der Waals surface area contributed by atoms with Crippen LogP contribution in [0.4, 0.5) is 4.39 Å². The van der Waals surface area contributed by atoms with Crippen LogP contribution in [0.5, 0.6) is 0 Å². The standard InChI is InChI=1S/C27H29FN2O5S/c1-17(2)18-5-4-6-19(13-18)20-7-12-26(29-15-20)36(33,34)30(3)24-10-11-25(35-16-27(31)32)23-14-21(28)8-9-22(23)24/h4-9,12-15,17,24-25H,10-11,16H2,1-3H3,(H,31,32). The molecule has 9 heteroatoms. The number of carbonyl (C=O) groups is 1. The molecule has 0 saturated heterocycles. The first-order chi connectivity index (χ1) is 17.1. The first-order valence-electron chi connectivity index (χ1n) is 11.7. The van der Waals surface area contributed by atoms with Gasteiger partial charge in [-0.2, -0.15) is 4.31 Å². The van der Waals surface area contributed by atoms with Gasteiger partial charge >= 0.3 is 5.97 Å². The minimum Gasteiger partial charge on any atom is -0.480 e. The number of fused-ring (bicyclic) bond motifs is 1. The molecular weight excluding hydrogens is 483 g/mol. The van der Waals surface area contributed by atoms with Crippen molar-refractivity contribution >= 4 is 16.0 Å². The number of sulfonamides is 1. The molecule has 190 valence electrons. The lowest BCUT2D eigenvalue weighted by molar-refractivity contribution is -0.144. The van der Waals surface area contributed by atoms with Crippen LogP contribution in [0.2, 0.25) is 0 Å². The van der Waals surface area contributed by atoms with Crippen molar-refractivity contribution in [2.24, 2.45) is 0 Å². The highest BCUT2D eigenvalue weighted by Gasteiger charge is 2.36. The lowest BCUT2D eigenvalue weighted by Crippen LogP contribution is -2.35. The fraction of sp³-hybridized carbons (Fsp3) is 0.333. The third-order valence-corrected chi connectivity index (χ3v) is 8.35. The molecule has 36 heavy (non-hydrogen) atoms. The molecule has 4 rings (SSSR count). The fourth-order valence-electron chi connectivity index (χ4n) is 4.57. The van der Waals surface area contributed by atoms with E-state index < -0.39 is 40.6 Å². The predicted octanol–water partition coefficient (Wildman–Crippen LogP) is 5.31. The molecule has 7 nitrogen and oxygen atoms in total. The van der Waals surface area contributed by atoms with E-state index in [1.54, 1.807) is 12.3 Å². The Morgan fingerprint density at radius 1 is 1.11 bits per heavy atom. The maximum absolute atomic E-state index is 14.0. The Balaban J connectivity index is 1.60. The van der Waals surface area contributed by atoms with Crippen molar-refractivity contribution in [3.05, 3.63) is 83.3 Å². The summed E-state index contributed by atoms with van der Waals surface area (Å²) in [6, 6.07) is 14.8. The molecule has 0 bridgehead atoms. The first-order valence-corrected chi connectivity index (χ1v) is 13.2. The quantitative estimate of drug-likeness (QED) is 0.439. The Bertz CT molecular complexity index is 1360. The van der Waals surface area contributed by atoms with Gasteiger partial charge in [0.05, 0.1) is 12.1 Å². The van der Waals surface area contributed by atoms with Crippen LogP contribution in [0.3, 0.4) is 0 Å². The Morgan fingerprint density at radius 2 is 1.89 bits per heavy atom. The molecule has 2 unspecified atom stereocenters. The highest BCUT2D eigenvalue weighted by atomic mass is 32.2. The van der Waals surface area contributed by atoms with Gasteiger partial charge in [-0.05, 0) is 65.3 Å². The van der Waals surface area contributed by atoms with Gasteiger partial charge in [-0.3, -0.25) is 0 Å². The Labute approximate surface area is 210 Å². The summed E-state index contributed by atoms with van der Waals surface area (Å²) in [4.78, 5) is 15.2. The topological polar surface area (TPSA) is 96.8 Å². The molecule has 0 fully saturated rings. The average Bonchev–Trinajstić information content (AvgIpc) is 2.86. The van der Waals surface area contributed by atoms with E-state index in [9.17, 15) is 17.6 Å². The van der Waals surface area contributed by atoms with Crippen molar-refractivity contribution < 1.29 is 27.4 Å². The largest absolute Gasteiger partial charge is 0.480 e. The Hall–Kier alpha value is -3.14. The second-order valence-electron chi connectivity index (χ2n) is 9.25. The van der Waals surface area contributed by atoms with Gasteiger partial charge in [0.15, 0.2) is 5.03 Å². The number of pyridine rings is 1. The number of nitrogens with zero attached hydrogens (tertiary/aromatic N) is 2. The lowest BCUT2D eigenvalue weighted by atomic mass is 9.85. The summed E-state index contributed by atoms with van der Waals surface area (Å²) in [5, 5.41) is 8.87. The smallest absolute Gasteiger partial charge is 0.329 e. The summed E-state index contributed by atoms with van der Waals surface area (Å²) < 4.78 is 47.7.